The van der Waals surface area contributed by atoms with Crippen LogP contribution >= 0.6 is 12.2 Å². The van der Waals surface area contributed by atoms with Crippen molar-refractivity contribution in [2.75, 3.05) is 13.7 Å². The van der Waals surface area contributed by atoms with Crippen LogP contribution in [0.5, 0.6) is 0 Å². The predicted octanol–water partition coefficient (Wildman–Crippen LogP) is 2.10. The zero-order valence-electron chi connectivity index (χ0n) is 13.5. The molecule has 0 fully saturated rings. The van der Waals surface area contributed by atoms with Crippen LogP contribution in [-0.4, -0.2) is 40.1 Å². The van der Waals surface area contributed by atoms with Gasteiger partial charge in [-0.25, -0.2) is 4.98 Å². The molecule has 0 aliphatic rings. The number of hydrogen-bond acceptors (Lipinski definition) is 4. The van der Waals surface area contributed by atoms with Crippen LogP contribution in [0.1, 0.15) is 19.4 Å². The first kappa shape index (κ1) is 17.1. The van der Waals surface area contributed by atoms with Gasteiger partial charge in [-0.3, -0.25) is 5.43 Å². The summed E-state index contributed by atoms with van der Waals surface area (Å²) in [6.45, 7) is 4.50. The first-order chi connectivity index (χ1) is 11.1. The molecule has 122 valence electrons. The second kappa shape index (κ2) is 8.40. The lowest BCUT2D eigenvalue weighted by Crippen LogP contribution is -2.40. The molecule has 7 heteroatoms. The number of thiocarbonyl (C=S) groups is 1. The number of hydrogen-bond donors (Lipinski definition) is 2. The molecule has 2 aromatic rings. The minimum absolute atomic E-state index is 0.130. The maximum absolute atomic E-state index is 5.19. The smallest absolute Gasteiger partial charge is 0.187 e. The normalized spacial score (nSPS) is 12.7. The molecule has 0 aliphatic carbocycles. The molecule has 1 aromatic heterocycles. The van der Waals surface area contributed by atoms with Gasteiger partial charge in [-0.1, -0.05) is 12.1 Å². The van der Waals surface area contributed by atoms with Gasteiger partial charge in [-0.15, -0.1) is 0 Å². The average molecular weight is 331 g/mol. The van der Waals surface area contributed by atoms with Crippen LogP contribution in [0, 0.1) is 0 Å². The van der Waals surface area contributed by atoms with Gasteiger partial charge in [0.05, 0.1) is 18.6 Å². The highest BCUT2D eigenvalue weighted by Gasteiger charge is 2.03. The SMILES string of the molecule is COC[C@@H](C)NC(=S)N/N=C(/C)c1ccc(-n2ccnc2)cc1. The van der Waals surface area contributed by atoms with Crippen molar-refractivity contribution in [2.24, 2.45) is 5.10 Å². The van der Waals surface area contributed by atoms with Gasteiger partial charge in [0.25, 0.3) is 0 Å². The van der Waals surface area contributed by atoms with E-state index in [0.717, 1.165) is 17.0 Å². The number of nitrogens with zero attached hydrogens (tertiary/aromatic N) is 3. The van der Waals surface area contributed by atoms with Crippen molar-refractivity contribution in [2.45, 2.75) is 19.9 Å². The van der Waals surface area contributed by atoms with Gasteiger partial charge in [0.1, 0.15) is 0 Å². The summed E-state index contributed by atoms with van der Waals surface area (Å²) in [4.78, 5) is 4.04. The van der Waals surface area contributed by atoms with Gasteiger partial charge in [0.2, 0.25) is 0 Å². The molecular formula is C16H21N5OS. The summed E-state index contributed by atoms with van der Waals surface area (Å²) < 4.78 is 7.00. The molecule has 0 amide bonds. The number of imidazole rings is 1. The highest BCUT2D eigenvalue weighted by Crippen LogP contribution is 2.09. The summed E-state index contributed by atoms with van der Waals surface area (Å²) in [5, 5.41) is 7.87. The van der Waals surface area contributed by atoms with E-state index >= 15 is 0 Å². The topological polar surface area (TPSA) is 63.5 Å². The Kier molecular flexibility index (Phi) is 6.25. The van der Waals surface area contributed by atoms with Crippen molar-refractivity contribution in [3.05, 3.63) is 48.5 Å². The molecule has 0 saturated heterocycles. The summed E-state index contributed by atoms with van der Waals surface area (Å²) in [5.41, 5.74) is 5.78. The molecule has 0 saturated carbocycles. The molecule has 2 N–H and O–H groups in total. The minimum atomic E-state index is 0.130. The summed E-state index contributed by atoms with van der Waals surface area (Å²) >= 11 is 5.19. The van der Waals surface area contributed by atoms with E-state index in [1.807, 2.05) is 48.9 Å². The summed E-state index contributed by atoms with van der Waals surface area (Å²) in [6, 6.07) is 8.20. The number of ether oxygens (including phenoxy) is 1. The third-order valence-corrected chi connectivity index (χ3v) is 3.42. The van der Waals surface area contributed by atoms with Gasteiger partial charge in [0, 0.05) is 31.2 Å². The van der Waals surface area contributed by atoms with Crippen LogP contribution in [0.3, 0.4) is 0 Å². The van der Waals surface area contributed by atoms with Crippen LogP contribution in [0.15, 0.2) is 48.1 Å². The summed E-state index contributed by atoms with van der Waals surface area (Å²) in [6.07, 6.45) is 5.43. The van der Waals surface area contributed by atoms with Crippen molar-refractivity contribution < 1.29 is 4.74 Å². The second-order valence-electron chi connectivity index (χ2n) is 5.16. The quantitative estimate of drug-likeness (QED) is 0.482. The molecule has 23 heavy (non-hydrogen) atoms. The molecule has 1 atom stereocenters. The fourth-order valence-electron chi connectivity index (χ4n) is 2.03. The molecule has 6 nitrogen and oxygen atoms in total. The van der Waals surface area contributed by atoms with Crippen molar-refractivity contribution in [1.82, 2.24) is 20.3 Å². The van der Waals surface area contributed by atoms with E-state index in [2.05, 4.69) is 20.8 Å². The van der Waals surface area contributed by atoms with Gasteiger partial charge < -0.3 is 14.6 Å². The van der Waals surface area contributed by atoms with E-state index in [1.54, 1.807) is 19.6 Å². The van der Waals surface area contributed by atoms with Crippen LogP contribution in [0.25, 0.3) is 5.69 Å². The highest BCUT2D eigenvalue weighted by atomic mass is 32.1. The van der Waals surface area contributed by atoms with Crippen LogP contribution in [-0.2, 0) is 4.74 Å². The Hall–Kier alpha value is -2.25. The summed E-state index contributed by atoms with van der Waals surface area (Å²) in [7, 11) is 1.66. The fourth-order valence-corrected chi connectivity index (χ4v) is 2.28. The molecule has 1 aromatic carbocycles. The number of rotatable bonds is 6. The van der Waals surface area contributed by atoms with Crippen LogP contribution in [0.4, 0.5) is 0 Å². The maximum atomic E-state index is 5.19. The molecule has 0 spiro atoms. The highest BCUT2D eigenvalue weighted by molar-refractivity contribution is 7.80. The van der Waals surface area contributed by atoms with E-state index in [4.69, 9.17) is 17.0 Å². The number of aromatic nitrogens is 2. The first-order valence-electron chi connectivity index (χ1n) is 7.28. The summed E-state index contributed by atoms with van der Waals surface area (Å²) in [5.74, 6) is 0. The van der Waals surface area contributed by atoms with E-state index in [1.165, 1.54) is 0 Å². The van der Waals surface area contributed by atoms with Crippen molar-refractivity contribution in [1.29, 1.82) is 0 Å². The molecular weight excluding hydrogens is 310 g/mol. The number of nitrogens with one attached hydrogen (secondary N) is 2. The molecule has 0 aliphatic heterocycles. The lowest BCUT2D eigenvalue weighted by molar-refractivity contribution is 0.179. The minimum Gasteiger partial charge on any atom is -0.383 e. The maximum Gasteiger partial charge on any atom is 0.187 e. The van der Waals surface area contributed by atoms with Crippen molar-refractivity contribution >= 4 is 23.0 Å². The lowest BCUT2D eigenvalue weighted by atomic mass is 10.1. The Morgan fingerprint density at radius 2 is 2.13 bits per heavy atom. The first-order valence-corrected chi connectivity index (χ1v) is 7.69. The molecule has 0 bridgehead atoms. The standard InChI is InChI=1S/C16H21N5OS/c1-12(10-22-3)18-16(23)20-19-13(2)14-4-6-15(7-5-14)21-9-8-17-11-21/h4-9,11-12H,10H2,1-3H3,(H2,18,20,23)/b19-13-/t12-/m1/s1. The van der Waals surface area contributed by atoms with Gasteiger partial charge in [0.15, 0.2) is 5.11 Å². The van der Waals surface area contributed by atoms with E-state index in [9.17, 15) is 0 Å². The largest absolute Gasteiger partial charge is 0.383 e. The fraction of sp³-hybridized carbons (Fsp3) is 0.312. The van der Waals surface area contributed by atoms with E-state index < -0.39 is 0 Å². The number of methoxy groups -OCH3 is 1. The van der Waals surface area contributed by atoms with Crippen LogP contribution < -0.4 is 10.7 Å². The van der Waals surface area contributed by atoms with E-state index in [0.29, 0.717) is 11.7 Å². The molecule has 0 radical (unpaired) electrons. The Labute approximate surface area is 141 Å². The zero-order chi connectivity index (χ0) is 16.7. The Morgan fingerprint density at radius 1 is 1.39 bits per heavy atom. The van der Waals surface area contributed by atoms with Crippen molar-refractivity contribution in [3.63, 3.8) is 0 Å². The van der Waals surface area contributed by atoms with Gasteiger partial charge in [-0.05, 0) is 43.8 Å². The second-order valence-corrected chi connectivity index (χ2v) is 5.56. The number of hydrazone groups is 1. The number of benzene rings is 1. The lowest BCUT2D eigenvalue weighted by Gasteiger charge is -2.14. The van der Waals surface area contributed by atoms with E-state index in [-0.39, 0.29) is 6.04 Å². The van der Waals surface area contributed by atoms with Gasteiger partial charge >= 0.3 is 0 Å². The van der Waals surface area contributed by atoms with Crippen molar-refractivity contribution in [3.8, 4) is 5.69 Å². The molecule has 2 rings (SSSR count). The third-order valence-electron chi connectivity index (χ3n) is 3.21. The van der Waals surface area contributed by atoms with Gasteiger partial charge in [-0.2, -0.15) is 5.10 Å². The Bertz CT molecular complexity index is 652. The van der Waals surface area contributed by atoms with Crippen LogP contribution in [0.2, 0.25) is 0 Å². The molecule has 1 heterocycles. The average Bonchev–Trinajstić information content (AvgIpc) is 3.07. The molecule has 0 unspecified atom stereocenters. The Morgan fingerprint density at radius 3 is 2.74 bits per heavy atom. The predicted molar refractivity (Wildman–Crippen MR) is 96.0 cm³/mol. The Balaban J connectivity index is 1.94. The zero-order valence-corrected chi connectivity index (χ0v) is 14.3. The third kappa shape index (κ3) is 5.15. The monoisotopic (exact) mass is 331 g/mol.